The number of halogens is 1. The van der Waals surface area contributed by atoms with Gasteiger partial charge in [0.2, 0.25) is 0 Å². The molecule has 1 fully saturated rings. The summed E-state index contributed by atoms with van der Waals surface area (Å²) in [7, 11) is 0. The van der Waals surface area contributed by atoms with Crippen LogP contribution in [0.25, 0.3) is 0 Å². The first-order valence-electron chi connectivity index (χ1n) is 9.20. The Balaban J connectivity index is 1.62. The first-order valence-corrected chi connectivity index (χ1v) is 9.20. The molecule has 1 heterocycles. The molecule has 1 saturated heterocycles. The third-order valence-electron chi connectivity index (χ3n) is 4.64. The number of carbonyl (C=O) groups excluding carboxylic acids is 1. The Morgan fingerprint density at radius 3 is 2.48 bits per heavy atom. The molecule has 1 aliphatic rings. The van der Waals surface area contributed by atoms with Crippen molar-refractivity contribution in [1.29, 1.82) is 0 Å². The minimum atomic E-state index is -0.606. The van der Waals surface area contributed by atoms with E-state index in [-0.39, 0.29) is 17.8 Å². The Bertz CT molecular complexity index is 718. The Morgan fingerprint density at radius 2 is 1.81 bits per heavy atom. The van der Waals surface area contributed by atoms with E-state index in [1.165, 1.54) is 12.1 Å². The fraction of sp³-hybridized carbons (Fsp3) is 0.381. The molecule has 0 spiro atoms. The monoisotopic (exact) mass is 372 g/mol. The van der Waals surface area contributed by atoms with Crippen molar-refractivity contribution in [3.63, 3.8) is 0 Å². The summed E-state index contributed by atoms with van der Waals surface area (Å²) in [6, 6.07) is 15.7. The summed E-state index contributed by atoms with van der Waals surface area (Å²) >= 11 is 0. The second-order valence-electron chi connectivity index (χ2n) is 6.53. The second kappa shape index (κ2) is 9.48. The van der Waals surface area contributed by atoms with E-state index in [0.717, 1.165) is 18.7 Å². The van der Waals surface area contributed by atoms with Crippen LogP contribution < -0.4 is 10.1 Å². The number of ether oxygens (including phenoxy) is 2. The summed E-state index contributed by atoms with van der Waals surface area (Å²) in [6.07, 6.45) is -0.606. The van der Waals surface area contributed by atoms with E-state index in [2.05, 4.69) is 10.2 Å². The third kappa shape index (κ3) is 5.52. The zero-order chi connectivity index (χ0) is 19.1. The van der Waals surface area contributed by atoms with Crippen molar-refractivity contribution in [2.45, 2.75) is 19.1 Å². The van der Waals surface area contributed by atoms with Gasteiger partial charge in [0, 0.05) is 19.6 Å². The van der Waals surface area contributed by atoms with E-state index in [9.17, 15) is 9.18 Å². The Hall–Kier alpha value is -2.44. The lowest BCUT2D eigenvalue weighted by molar-refractivity contribution is -0.127. The highest BCUT2D eigenvalue weighted by Gasteiger charge is 2.24. The van der Waals surface area contributed by atoms with Crippen LogP contribution in [0.1, 0.15) is 18.5 Å². The molecule has 5 nitrogen and oxygen atoms in total. The summed E-state index contributed by atoms with van der Waals surface area (Å²) in [6.45, 7) is 5.00. The van der Waals surface area contributed by atoms with Crippen LogP contribution in [-0.4, -0.2) is 49.8 Å². The maximum absolute atomic E-state index is 13.3. The van der Waals surface area contributed by atoms with Gasteiger partial charge in [-0.25, -0.2) is 4.39 Å². The first kappa shape index (κ1) is 19.3. The van der Waals surface area contributed by atoms with E-state index in [1.54, 1.807) is 19.1 Å². The van der Waals surface area contributed by atoms with Gasteiger partial charge in [-0.05, 0) is 36.8 Å². The smallest absolute Gasteiger partial charge is 0.260 e. The molecule has 0 bridgehead atoms. The largest absolute Gasteiger partial charge is 0.481 e. The fourth-order valence-electron chi connectivity index (χ4n) is 3.13. The quantitative estimate of drug-likeness (QED) is 0.812. The third-order valence-corrected chi connectivity index (χ3v) is 4.64. The van der Waals surface area contributed by atoms with Gasteiger partial charge < -0.3 is 14.8 Å². The van der Waals surface area contributed by atoms with Crippen LogP contribution in [0, 0.1) is 5.82 Å². The molecule has 144 valence electrons. The van der Waals surface area contributed by atoms with Crippen molar-refractivity contribution in [1.82, 2.24) is 10.2 Å². The molecule has 0 aliphatic carbocycles. The average Bonchev–Trinajstić information content (AvgIpc) is 2.71. The van der Waals surface area contributed by atoms with Gasteiger partial charge in [-0.15, -0.1) is 0 Å². The fourth-order valence-corrected chi connectivity index (χ4v) is 3.13. The Morgan fingerprint density at radius 1 is 1.15 bits per heavy atom. The maximum atomic E-state index is 13.3. The molecule has 1 N–H and O–H groups in total. The zero-order valence-corrected chi connectivity index (χ0v) is 15.4. The Kier molecular flexibility index (Phi) is 6.79. The van der Waals surface area contributed by atoms with Crippen LogP contribution in [-0.2, 0) is 9.53 Å². The highest BCUT2D eigenvalue weighted by molar-refractivity contribution is 5.80. The van der Waals surface area contributed by atoms with Crippen molar-refractivity contribution in [2.24, 2.45) is 0 Å². The van der Waals surface area contributed by atoms with Gasteiger partial charge in [0.15, 0.2) is 6.10 Å². The maximum Gasteiger partial charge on any atom is 0.260 e. The predicted octanol–water partition coefficient (Wildman–Crippen LogP) is 2.78. The lowest BCUT2D eigenvalue weighted by Gasteiger charge is -2.35. The lowest BCUT2D eigenvalue weighted by atomic mass is 10.0. The molecule has 2 aromatic carbocycles. The highest BCUT2D eigenvalue weighted by atomic mass is 19.1. The molecule has 1 amide bonds. The van der Waals surface area contributed by atoms with Crippen LogP contribution in [0.2, 0.25) is 0 Å². The molecular formula is C21H25FN2O3. The topological polar surface area (TPSA) is 50.8 Å². The molecule has 2 unspecified atom stereocenters. The van der Waals surface area contributed by atoms with Gasteiger partial charge in [0.1, 0.15) is 11.6 Å². The molecule has 2 aromatic rings. The van der Waals surface area contributed by atoms with Crippen molar-refractivity contribution in [3.8, 4) is 5.75 Å². The first-order chi connectivity index (χ1) is 13.1. The van der Waals surface area contributed by atoms with Crippen molar-refractivity contribution in [2.75, 3.05) is 32.8 Å². The lowest BCUT2D eigenvalue weighted by Crippen LogP contribution is -2.45. The number of nitrogens with one attached hydrogen (secondary N) is 1. The summed E-state index contributed by atoms with van der Waals surface area (Å²) in [5.41, 5.74) is 0.968. The highest BCUT2D eigenvalue weighted by Crippen LogP contribution is 2.22. The summed E-state index contributed by atoms with van der Waals surface area (Å²) in [5.74, 6) is 0.205. The molecule has 27 heavy (non-hydrogen) atoms. The van der Waals surface area contributed by atoms with Crippen LogP contribution in [0.3, 0.4) is 0 Å². The van der Waals surface area contributed by atoms with Gasteiger partial charge in [-0.1, -0.05) is 30.3 Å². The van der Waals surface area contributed by atoms with Crippen LogP contribution in [0.4, 0.5) is 4.39 Å². The van der Waals surface area contributed by atoms with Crippen molar-refractivity contribution >= 4 is 5.91 Å². The number of para-hydroxylation sites is 1. The van der Waals surface area contributed by atoms with E-state index in [4.69, 9.17) is 9.47 Å². The van der Waals surface area contributed by atoms with Gasteiger partial charge in [-0.2, -0.15) is 0 Å². The minimum Gasteiger partial charge on any atom is -0.481 e. The van der Waals surface area contributed by atoms with Crippen LogP contribution in [0.5, 0.6) is 5.75 Å². The molecule has 1 aliphatic heterocycles. The normalized spacial score (nSPS) is 17.1. The van der Waals surface area contributed by atoms with E-state index >= 15 is 0 Å². The van der Waals surface area contributed by atoms with Crippen molar-refractivity contribution in [3.05, 3.63) is 66.0 Å². The Labute approximate surface area is 159 Å². The van der Waals surface area contributed by atoms with Gasteiger partial charge in [0.05, 0.1) is 19.3 Å². The second-order valence-corrected chi connectivity index (χ2v) is 6.53. The number of benzene rings is 2. The predicted molar refractivity (Wildman–Crippen MR) is 101 cm³/mol. The summed E-state index contributed by atoms with van der Waals surface area (Å²) < 4.78 is 24.4. The molecule has 0 radical (unpaired) electrons. The molecule has 3 rings (SSSR count). The van der Waals surface area contributed by atoms with Gasteiger partial charge in [0.25, 0.3) is 5.91 Å². The van der Waals surface area contributed by atoms with E-state index in [0.29, 0.717) is 25.5 Å². The molecule has 0 aromatic heterocycles. The van der Waals surface area contributed by atoms with E-state index < -0.39 is 6.10 Å². The number of amides is 1. The van der Waals surface area contributed by atoms with Crippen LogP contribution >= 0.6 is 0 Å². The van der Waals surface area contributed by atoms with Crippen molar-refractivity contribution < 1.29 is 18.7 Å². The molecular weight excluding hydrogens is 347 g/mol. The molecule has 6 heteroatoms. The SMILES string of the molecule is CC(Oc1ccccc1)C(=O)NCC(c1ccc(F)cc1)N1CCOCC1. The van der Waals surface area contributed by atoms with Gasteiger partial charge >= 0.3 is 0 Å². The number of carbonyl (C=O) groups is 1. The summed E-state index contributed by atoms with van der Waals surface area (Å²) in [5, 5.41) is 2.97. The number of morpholine rings is 1. The standard InChI is InChI=1S/C21H25FN2O3/c1-16(27-19-5-3-2-4-6-19)21(25)23-15-20(24-11-13-26-14-12-24)17-7-9-18(22)10-8-17/h2-10,16,20H,11-15H2,1H3,(H,23,25). The van der Waals surface area contributed by atoms with Gasteiger partial charge in [-0.3, -0.25) is 9.69 Å². The average molecular weight is 372 g/mol. The number of hydrogen-bond acceptors (Lipinski definition) is 4. The number of nitrogens with zero attached hydrogens (tertiary/aromatic N) is 1. The zero-order valence-electron chi connectivity index (χ0n) is 15.4. The molecule has 2 atom stereocenters. The number of hydrogen-bond donors (Lipinski definition) is 1. The minimum absolute atomic E-state index is 0.0395. The number of rotatable bonds is 7. The van der Waals surface area contributed by atoms with E-state index in [1.807, 2.05) is 30.3 Å². The summed E-state index contributed by atoms with van der Waals surface area (Å²) in [4.78, 5) is 14.7. The molecule has 0 saturated carbocycles. The van der Waals surface area contributed by atoms with Crippen LogP contribution in [0.15, 0.2) is 54.6 Å².